The second kappa shape index (κ2) is 7.91. The van der Waals surface area contributed by atoms with Gasteiger partial charge in [0, 0.05) is 10.7 Å². The summed E-state index contributed by atoms with van der Waals surface area (Å²) in [5.74, 6) is 0.506. The zero-order chi connectivity index (χ0) is 18.6. The van der Waals surface area contributed by atoms with Gasteiger partial charge in [-0.25, -0.2) is 4.98 Å². The minimum atomic E-state index is 0.506. The number of aromatic nitrogens is 1. The fraction of sp³-hybridized carbons (Fsp3) is 0. The van der Waals surface area contributed by atoms with Crippen LogP contribution in [-0.4, -0.2) is 11.2 Å². The van der Waals surface area contributed by atoms with Gasteiger partial charge in [0.25, 0.3) is 0 Å². The number of benzene rings is 3. The molecule has 4 aromatic rings. The van der Waals surface area contributed by atoms with Gasteiger partial charge in [0.15, 0.2) is 5.58 Å². The van der Waals surface area contributed by atoms with E-state index in [0.29, 0.717) is 16.5 Å². The van der Waals surface area contributed by atoms with Crippen molar-refractivity contribution in [2.75, 3.05) is 0 Å². The van der Waals surface area contributed by atoms with Crippen LogP contribution in [0.5, 0.6) is 0 Å². The fourth-order valence-corrected chi connectivity index (χ4v) is 3.08. The zero-order valence-electron chi connectivity index (χ0n) is 14.1. The van der Waals surface area contributed by atoms with Crippen LogP contribution >= 0.6 is 27.5 Å². The van der Waals surface area contributed by atoms with Crippen molar-refractivity contribution in [2.24, 2.45) is 4.99 Å². The van der Waals surface area contributed by atoms with E-state index < -0.39 is 0 Å². The van der Waals surface area contributed by atoms with Crippen LogP contribution < -0.4 is 0 Å². The van der Waals surface area contributed by atoms with E-state index in [2.05, 4.69) is 25.9 Å². The van der Waals surface area contributed by atoms with Gasteiger partial charge >= 0.3 is 0 Å². The molecular weight excluding hydrogens is 424 g/mol. The largest absolute Gasteiger partial charge is 0.436 e. The van der Waals surface area contributed by atoms with Gasteiger partial charge in [-0.3, -0.25) is 4.99 Å². The standard InChI is InChI=1S/C22H14BrClN2O/c23-16-9-7-15(8-10-16)4-3-13-25-17-11-12-21-20(14-17)26-22(27-21)18-5-1-2-6-19(18)24/h1-14H/b4-3+,25-13?. The summed E-state index contributed by atoms with van der Waals surface area (Å²) in [7, 11) is 0. The van der Waals surface area contributed by atoms with Crippen LogP contribution in [-0.2, 0) is 0 Å². The molecule has 0 aliphatic heterocycles. The van der Waals surface area contributed by atoms with Crippen molar-refractivity contribution in [2.45, 2.75) is 0 Å². The molecule has 1 aromatic heterocycles. The van der Waals surface area contributed by atoms with Gasteiger partial charge < -0.3 is 4.42 Å². The molecule has 0 spiro atoms. The summed E-state index contributed by atoms with van der Waals surface area (Å²) >= 11 is 9.65. The molecule has 3 nitrogen and oxygen atoms in total. The second-order valence-electron chi connectivity index (χ2n) is 5.84. The highest BCUT2D eigenvalue weighted by Gasteiger charge is 2.11. The summed E-state index contributed by atoms with van der Waals surface area (Å²) in [5.41, 5.74) is 4.14. The van der Waals surface area contributed by atoms with Crippen molar-refractivity contribution < 1.29 is 4.42 Å². The number of hydrogen-bond acceptors (Lipinski definition) is 3. The summed E-state index contributed by atoms with van der Waals surface area (Å²) in [6.07, 6.45) is 5.67. The van der Waals surface area contributed by atoms with Gasteiger partial charge in [-0.15, -0.1) is 0 Å². The Morgan fingerprint density at radius 1 is 1.00 bits per heavy atom. The number of allylic oxidation sites excluding steroid dienone is 1. The highest BCUT2D eigenvalue weighted by molar-refractivity contribution is 9.10. The molecule has 0 saturated heterocycles. The van der Waals surface area contributed by atoms with Crippen LogP contribution in [0.25, 0.3) is 28.6 Å². The average molecular weight is 438 g/mol. The Hall–Kier alpha value is -2.69. The number of rotatable bonds is 4. The molecule has 0 fully saturated rings. The number of hydrogen-bond donors (Lipinski definition) is 0. The predicted octanol–water partition coefficient (Wildman–Crippen LogP) is 7.33. The van der Waals surface area contributed by atoms with Crippen molar-refractivity contribution >= 4 is 56.6 Å². The van der Waals surface area contributed by atoms with E-state index >= 15 is 0 Å². The Kier molecular flexibility index (Phi) is 5.19. The van der Waals surface area contributed by atoms with E-state index in [1.807, 2.05) is 78.9 Å². The van der Waals surface area contributed by atoms with Crippen LogP contribution in [0.1, 0.15) is 5.56 Å². The number of nitrogens with zero attached hydrogens (tertiary/aromatic N) is 2. The quantitative estimate of drug-likeness (QED) is 0.314. The van der Waals surface area contributed by atoms with E-state index in [9.17, 15) is 0 Å². The van der Waals surface area contributed by atoms with Crippen molar-refractivity contribution in [3.8, 4) is 11.5 Å². The molecule has 0 bridgehead atoms. The second-order valence-corrected chi connectivity index (χ2v) is 7.16. The van der Waals surface area contributed by atoms with Crippen molar-refractivity contribution in [3.63, 3.8) is 0 Å². The zero-order valence-corrected chi connectivity index (χ0v) is 16.5. The minimum absolute atomic E-state index is 0.506. The Labute approximate surface area is 170 Å². The minimum Gasteiger partial charge on any atom is -0.436 e. The van der Waals surface area contributed by atoms with Gasteiger partial charge in [0.1, 0.15) is 5.52 Å². The first-order chi connectivity index (χ1) is 13.2. The van der Waals surface area contributed by atoms with Crippen LogP contribution in [0, 0.1) is 0 Å². The average Bonchev–Trinajstić information content (AvgIpc) is 3.10. The van der Waals surface area contributed by atoms with E-state index in [1.165, 1.54) is 0 Å². The Morgan fingerprint density at radius 3 is 2.63 bits per heavy atom. The van der Waals surface area contributed by atoms with Crippen molar-refractivity contribution in [1.29, 1.82) is 0 Å². The maximum atomic E-state index is 6.23. The van der Waals surface area contributed by atoms with Gasteiger partial charge in [0.2, 0.25) is 5.89 Å². The molecule has 0 atom stereocenters. The van der Waals surface area contributed by atoms with Crippen LogP contribution in [0.3, 0.4) is 0 Å². The van der Waals surface area contributed by atoms with Gasteiger partial charge in [-0.1, -0.05) is 57.9 Å². The van der Waals surface area contributed by atoms with Crippen molar-refractivity contribution in [1.82, 2.24) is 4.98 Å². The molecule has 4 rings (SSSR count). The lowest BCUT2D eigenvalue weighted by Crippen LogP contribution is -1.77. The molecule has 0 amide bonds. The molecule has 0 aliphatic carbocycles. The first-order valence-electron chi connectivity index (χ1n) is 8.31. The summed E-state index contributed by atoms with van der Waals surface area (Å²) in [6.45, 7) is 0. The summed E-state index contributed by atoms with van der Waals surface area (Å²) in [4.78, 5) is 9.00. The first-order valence-corrected chi connectivity index (χ1v) is 9.48. The third kappa shape index (κ3) is 4.18. The summed E-state index contributed by atoms with van der Waals surface area (Å²) in [6, 6.07) is 21.2. The molecule has 0 N–H and O–H groups in total. The van der Waals surface area contributed by atoms with E-state index in [0.717, 1.165) is 26.8 Å². The lowest BCUT2D eigenvalue weighted by molar-refractivity contribution is 0.620. The maximum Gasteiger partial charge on any atom is 0.228 e. The first kappa shape index (κ1) is 17.7. The molecule has 1 heterocycles. The summed E-state index contributed by atoms with van der Waals surface area (Å²) in [5, 5.41) is 0.611. The monoisotopic (exact) mass is 436 g/mol. The van der Waals surface area contributed by atoms with Crippen molar-refractivity contribution in [3.05, 3.63) is 87.9 Å². The van der Waals surface area contributed by atoms with E-state index in [4.69, 9.17) is 16.0 Å². The van der Waals surface area contributed by atoms with E-state index in [-0.39, 0.29) is 0 Å². The Bertz CT molecular complexity index is 1150. The van der Waals surface area contributed by atoms with Gasteiger partial charge in [0.05, 0.1) is 16.3 Å². The molecule has 5 heteroatoms. The lowest BCUT2D eigenvalue weighted by atomic mass is 10.2. The molecule has 0 aliphatic rings. The highest BCUT2D eigenvalue weighted by atomic mass is 79.9. The normalized spacial score (nSPS) is 11.8. The number of oxazole rings is 1. The van der Waals surface area contributed by atoms with Crippen LogP contribution in [0.2, 0.25) is 5.02 Å². The molecule has 132 valence electrons. The predicted molar refractivity (Wildman–Crippen MR) is 116 cm³/mol. The Morgan fingerprint density at radius 2 is 1.81 bits per heavy atom. The van der Waals surface area contributed by atoms with Gasteiger partial charge in [-0.2, -0.15) is 0 Å². The topological polar surface area (TPSA) is 38.4 Å². The van der Waals surface area contributed by atoms with E-state index in [1.54, 1.807) is 6.21 Å². The smallest absolute Gasteiger partial charge is 0.228 e. The summed E-state index contributed by atoms with van der Waals surface area (Å²) < 4.78 is 6.88. The molecular formula is C22H14BrClN2O. The molecule has 3 aromatic carbocycles. The lowest BCUT2D eigenvalue weighted by Gasteiger charge is -1.96. The van der Waals surface area contributed by atoms with Crippen LogP contribution in [0.4, 0.5) is 5.69 Å². The Balaban J connectivity index is 1.55. The number of halogens is 2. The SMILES string of the molecule is Clc1ccccc1-c1nc2cc(N=C/C=C/c3ccc(Br)cc3)ccc2o1. The number of aliphatic imine (C=N–C) groups is 1. The highest BCUT2D eigenvalue weighted by Crippen LogP contribution is 2.31. The third-order valence-corrected chi connectivity index (χ3v) is 4.80. The van der Waals surface area contributed by atoms with Gasteiger partial charge in [-0.05, 0) is 54.1 Å². The maximum absolute atomic E-state index is 6.23. The molecule has 0 unspecified atom stereocenters. The molecule has 27 heavy (non-hydrogen) atoms. The fourth-order valence-electron chi connectivity index (χ4n) is 2.60. The van der Waals surface area contributed by atoms with Crippen LogP contribution in [0.15, 0.2) is 86.7 Å². The molecule has 0 saturated carbocycles. The number of fused-ring (bicyclic) bond motifs is 1. The molecule has 0 radical (unpaired) electrons. The third-order valence-electron chi connectivity index (χ3n) is 3.94.